The minimum Gasteiger partial charge on any atom is -0.394 e. The fraction of sp³-hybridized carbons (Fsp3) is 0. The third-order valence-corrected chi connectivity index (χ3v) is 2.01. The minimum absolute atomic E-state index is 0.0493. The number of benzene rings is 1. The van der Waals surface area contributed by atoms with E-state index in [1.807, 2.05) is 0 Å². The SMILES string of the molecule is Nc1cnoc1-c1c(F)cccc1[N+](=O)[O-]. The van der Waals surface area contributed by atoms with E-state index in [2.05, 4.69) is 5.16 Å². The molecule has 2 aromatic rings. The molecule has 6 nitrogen and oxygen atoms in total. The van der Waals surface area contributed by atoms with Crippen LogP contribution in [-0.4, -0.2) is 10.1 Å². The van der Waals surface area contributed by atoms with Crippen LogP contribution in [0.3, 0.4) is 0 Å². The topological polar surface area (TPSA) is 95.2 Å². The van der Waals surface area contributed by atoms with Crippen LogP contribution in [0.4, 0.5) is 15.8 Å². The second kappa shape index (κ2) is 3.61. The van der Waals surface area contributed by atoms with E-state index in [1.54, 1.807) is 0 Å². The minimum atomic E-state index is -0.780. The van der Waals surface area contributed by atoms with E-state index in [4.69, 9.17) is 10.3 Å². The predicted octanol–water partition coefficient (Wildman–Crippen LogP) is 1.97. The molecule has 0 saturated heterocycles. The van der Waals surface area contributed by atoms with Gasteiger partial charge in [-0.05, 0) is 6.07 Å². The Kier molecular flexibility index (Phi) is 2.28. The third-order valence-electron chi connectivity index (χ3n) is 2.01. The number of aromatic nitrogens is 1. The number of nitrogens with zero attached hydrogens (tertiary/aromatic N) is 2. The van der Waals surface area contributed by atoms with Gasteiger partial charge >= 0.3 is 0 Å². The zero-order valence-electron chi connectivity index (χ0n) is 7.88. The van der Waals surface area contributed by atoms with Gasteiger partial charge in [-0.15, -0.1) is 0 Å². The van der Waals surface area contributed by atoms with Crippen LogP contribution in [0.15, 0.2) is 28.9 Å². The molecule has 2 rings (SSSR count). The number of nitrogens with two attached hydrogens (primary N) is 1. The number of nitrogen functional groups attached to an aromatic ring is 1. The van der Waals surface area contributed by atoms with Crippen molar-refractivity contribution in [3.05, 3.63) is 40.3 Å². The first-order valence-corrected chi connectivity index (χ1v) is 4.24. The summed E-state index contributed by atoms with van der Waals surface area (Å²) in [6.07, 6.45) is 1.16. The molecule has 0 radical (unpaired) electrons. The Morgan fingerprint density at radius 3 is 2.81 bits per heavy atom. The van der Waals surface area contributed by atoms with E-state index >= 15 is 0 Å². The van der Waals surface area contributed by atoms with Crippen molar-refractivity contribution >= 4 is 11.4 Å². The predicted molar refractivity (Wildman–Crippen MR) is 53.0 cm³/mol. The Morgan fingerprint density at radius 2 is 2.25 bits per heavy atom. The molecule has 7 heteroatoms. The lowest BCUT2D eigenvalue weighted by atomic mass is 10.1. The van der Waals surface area contributed by atoms with Crippen molar-refractivity contribution in [2.75, 3.05) is 5.73 Å². The highest BCUT2D eigenvalue weighted by atomic mass is 19.1. The molecular formula is C9H6FN3O3. The quantitative estimate of drug-likeness (QED) is 0.620. The van der Waals surface area contributed by atoms with Crippen LogP contribution in [0.2, 0.25) is 0 Å². The van der Waals surface area contributed by atoms with Crippen molar-refractivity contribution in [3.8, 4) is 11.3 Å². The van der Waals surface area contributed by atoms with Crippen molar-refractivity contribution in [1.82, 2.24) is 5.16 Å². The molecule has 0 amide bonds. The second-order valence-corrected chi connectivity index (χ2v) is 3.00. The summed E-state index contributed by atoms with van der Waals surface area (Å²) in [6.45, 7) is 0. The van der Waals surface area contributed by atoms with Gasteiger partial charge in [-0.2, -0.15) is 0 Å². The normalized spacial score (nSPS) is 10.3. The van der Waals surface area contributed by atoms with Gasteiger partial charge in [0.15, 0.2) is 5.76 Å². The van der Waals surface area contributed by atoms with Crippen LogP contribution in [0.1, 0.15) is 0 Å². The van der Waals surface area contributed by atoms with Crippen LogP contribution in [-0.2, 0) is 0 Å². The van der Waals surface area contributed by atoms with Gasteiger partial charge in [-0.1, -0.05) is 11.2 Å². The Balaban J connectivity index is 2.73. The van der Waals surface area contributed by atoms with E-state index in [9.17, 15) is 14.5 Å². The van der Waals surface area contributed by atoms with E-state index in [1.165, 1.54) is 12.1 Å². The van der Waals surface area contributed by atoms with Crippen molar-refractivity contribution in [2.24, 2.45) is 0 Å². The van der Waals surface area contributed by atoms with E-state index in [0.717, 1.165) is 12.3 Å². The molecule has 1 heterocycles. The molecule has 16 heavy (non-hydrogen) atoms. The van der Waals surface area contributed by atoms with Crippen LogP contribution < -0.4 is 5.73 Å². The molecule has 0 spiro atoms. The zero-order chi connectivity index (χ0) is 11.7. The molecule has 82 valence electrons. The number of rotatable bonds is 2. The molecule has 0 aliphatic rings. The van der Waals surface area contributed by atoms with Gasteiger partial charge in [0.25, 0.3) is 5.69 Å². The maximum atomic E-state index is 13.5. The molecule has 1 aromatic carbocycles. The Labute approximate surface area is 88.6 Å². The summed E-state index contributed by atoms with van der Waals surface area (Å²) in [5, 5.41) is 14.1. The molecule has 0 unspecified atom stereocenters. The van der Waals surface area contributed by atoms with Crippen LogP contribution >= 0.6 is 0 Å². The Morgan fingerprint density at radius 1 is 1.50 bits per heavy atom. The first-order chi connectivity index (χ1) is 7.61. The summed E-state index contributed by atoms with van der Waals surface area (Å²) in [4.78, 5) is 10.0. The summed E-state index contributed by atoms with van der Waals surface area (Å²) in [5.41, 5.74) is 4.81. The van der Waals surface area contributed by atoms with Crippen LogP contribution in [0.5, 0.6) is 0 Å². The smallest absolute Gasteiger partial charge is 0.283 e. The highest BCUT2D eigenvalue weighted by Gasteiger charge is 2.24. The maximum absolute atomic E-state index is 13.5. The fourth-order valence-electron chi connectivity index (χ4n) is 1.33. The van der Waals surface area contributed by atoms with Gasteiger partial charge in [-0.25, -0.2) is 4.39 Å². The molecule has 0 atom stereocenters. The average Bonchev–Trinajstić information content (AvgIpc) is 2.64. The van der Waals surface area contributed by atoms with Gasteiger partial charge in [0, 0.05) is 6.07 Å². The zero-order valence-corrected chi connectivity index (χ0v) is 7.88. The van der Waals surface area contributed by atoms with E-state index < -0.39 is 16.4 Å². The highest BCUT2D eigenvalue weighted by Crippen LogP contribution is 2.35. The van der Waals surface area contributed by atoms with Crippen molar-refractivity contribution in [1.29, 1.82) is 0 Å². The lowest BCUT2D eigenvalue weighted by Gasteiger charge is -2.00. The van der Waals surface area contributed by atoms with Crippen LogP contribution in [0.25, 0.3) is 11.3 Å². The molecule has 0 aliphatic heterocycles. The summed E-state index contributed by atoms with van der Waals surface area (Å²) in [7, 11) is 0. The van der Waals surface area contributed by atoms with Crippen molar-refractivity contribution in [3.63, 3.8) is 0 Å². The maximum Gasteiger partial charge on any atom is 0.283 e. The molecule has 0 fully saturated rings. The number of hydrogen-bond acceptors (Lipinski definition) is 5. The lowest BCUT2D eigenvalue weighted by Crippen LogP contribution is -1.96. The van der Waals surface area contributed by atoms with Gasteiger partial charge in [-0.3, -0.25) is 10.1 Å². The van der Waals surface area contributed by atoms with Gasteiger partial charge in [0.2, 0.25) is 0 Å². The monoisotopic (exact) mass is 223 g/mol. The van der Waals surface area contributed by atoms with E-state index in [-0.39, 0.29) is 17.0 Å². The molecule has 1 aromatic heterocycles. The first-order valence-electron chi connectivity index (χ1n) is 4.24. The van der Waals surface area contributed by atoms with Crippen LogP contribution in [0, 0.1) is 15.9 Å². The van der Waals surface area contributed by atoms with Crippen molar-refractivity contribution < 1.29 is 13.8 Å². The molecule has 0 bridgehead atoms. The second-order valence-electron chi connectivity index (χ2n) is 3.00. The fourth-order valence-corrected chi connectivity index (χ4v) is 1.33. The Hall–Kier alpha value is -2.44. The summed E-state index contributed by atoms with van der Waals surface area (Å²) in [6, 6.07) is 3.49. The highest BCUT2D eigenvalue weighted by molar-refractivity contribution is 5.77. The molecule has 2 N–H and O–H groups in total. The van der Waals surface area contributed by atoms with Gasteiger partial charge in [0.05, 0.1) is 11.1 Å². The summed E-state index contributed by atoms with van der Waals surface area (Å²) >= 11 is 0. The molecular weight excluding hydrogens is 217 g/mol. The summed E-state index contributed by atoms with van der Waals surface area (Å²) in [5.74, 6) is -0.914. The summed E-state index contributed by atoms with van der Waals surface area (Å²) < 4.78 is 18.2. The number of hydrogen-bond donors (Lipinski definition) is 1. The number of halogens is 1. The number of nitro benzene ring substituents is 1. The number of anilines is 1. The average molecular weight is 223 g/mol. The third kappa shape index (κ3) is 1.48. The molecule has 0 saturated carbocycles. The standard InChI is InChI=1S/C9H6FN3O3/c10-5-2-1-3-7(13(14)15)8(5)9-6(11)4-12-16-9/h1-4H,11H2. The number of nitro groups is 1. The first kappa shape index (κ1) is 10.1. The van der Waals surface area contributed by atoms with Gasteiger partial charge in [0.1, 0.15) is 17.1 Å². The Bertz CT molecular complexity index is 553. The lowest BCUT2D eigenvalue weighted by molar-refractivity contribution is -0.384. The van der Waals surface area contributed by atoms with Gasteiger partial charge < -0.3 is 10.3 Å². The molecule has 0 aliphatic carbocycles. The van der Waals surface area contributed by atoms with E-state index in [0.29, 0.717) is 0 Å². The largest absolute Gasteiger partial charge is 0.394 e. The van der Waals surface area contributed by atoms with Crippen molar-refractivity contribution in [2.45, 2.75) is 0 Å².